The molecule has 2 aromatic heterocycles. The van der Waals surface area contributed by atoms with Crippen molar-refractivity contribution in [2.75, 3.05) is 13.1 Å². The molecule has 4 rings (SSSR count). The monoisotopic (exact) mass is 338 g/mol. The first kappa shape index (κ1) is 15.9. The van der Waals surface area contributed by atoms with Gasteiger partial charge >= 0.3 is 0 Å². The summed E-state index contributed by atoms with van der Waals surface area (Å²) < 4.78 is 7.84. The van der Waals surface area contributed by atoms with Crippen LogP contribution in [0.3, 0.4) is 0 Å². The number of carbonyl (C=O) groups excluding carboxylic acids is 1. The second-order valence-electron chi connectivity index (χ2n) is 6.75. The first-order chi connectivity index (χ1) is 12.1. The van der Waals surface area contributed by atoms with E-state index < -0.39 is 0 Å². The van der Waals surface area contributed by atoms with E-state index in [2.05, 4.69) is 39.2 Å². The van der Waals surface area contributed by atoms with Crippen molar-refractivity contribution in [2.45, 2.75) is 32.6 Å². The minimum atomic E-state index is -0.0399. The van der Waals surface area contributed by atoms with Crippen LogP contribution in [0.4, 0.5) is 0 Å². The molecule has 1 N–H and O–H groups in total. The van der Waals surface area contributed by atoms with Gasteiger partial charge in [-0.25, -0.2) is 0 Å². The van der Waals surface area contributed by atoms with Crippen LogP contribution in [-0.2, 0) is 11.3 Å². The summed E-state index contributed by atoms with van der Waals surface area (Å²) in [5.41, 5.74) is 2.55. The summed E-state index contributed by atoms with van der Waals surface area (Å²) in [6, 6.07) is 12.2. The molecule has 0 spiro atoms. The lowest BCUT2D eigenvalue weighted by Gasteiger charge is -2.34. The average molecular weight is 338 g/mol. The number of hydrogen-bond acceptors (Lipinski definition) is 3. The summed E-state index contributed by atoms with van der Waals surface area (Å²) in [4.78, 5) is 14.5. The van der Waals surface area contributed by atoms with E-state index in [0.29, 0.717) is 25.3 Å². The number of H-pyrrole nitrogens is 1. The Bertz CT molecular complexity index is 888. The van der Waals surface area contributed by atoms with E-state index >= 15 is 0 Å². The van der Waals surface area contributed by atoms with Crippen molar-refractivity contribution in [1.82, 2.24) is 19.7 Å². The van der Waals surface area contributed by atoms with Crippen molar-refractivity contribution < 1.29 is 9.53 Å². The fourth-order valence-electron chi connectivity index (χ4n) is 3.52. The summed E-state index contributed by atoms with van der Waals surface area (Å²) in [5.74, 6) is -0.0399. The molecule has 6 nitrogen and oxygen atoms in total. The number of hydrogen-bond donors (Lipinski definition) is 1. The third-order valence-corrected chi connectivity index (χ3v) is 4.58. The summed E-state index contributed by atoms with van der Waals surface area (Å²) >= 11 is 0. The van der Waals surface area contributed by atoms with Gasteiger partial charge in [0.15, 0.2) is 0 Å². The number of benzene rings is 1. The molecule has 0 saturated carbocycles. The number of para-hydroxylation sites is 1. The van der Waals surface area contributed by atoms with Gasteiger partial charge in [-0.15, -0.1) is 0 Å². The molecule has 1 aliphatic rings. The van der Waals surface area contributed by atoms with Crippen molar-refractivity contribution in [3.63, 3.8) is 0 Å². The zero-order chi connectivity index (χ0) is 17.4. The highest BCUT2D eigenvalue weighted by atomic mass is 16.5. The number of fused-ring (bicyclic) bond motifs is 1. The highest BCUT2D eigenvalue weighted by Crippen LogP contribution is 2.17. The Morgan fingerprint density at radius 3 is 2.80 bits per heavy atom. The Morgan fingerprint density at radius 2 is 2.00 bits per heavy atom. The average Bonchev–Trinajstić information content (AvgIpc) is 3.21. The fraction of sp³-hybridized carbons (Fsp3) is 0.368. The number of nitrogens with one attached hydrogen (secondary N) is 1. The van der Waals surface area contributed by atoms with E-state index in [1.54, 1.807) is 0 Å². The van der Waals surface area contributed by atoms with Gasteiger partial charge in [-0.2, -0.15) is 5.10 Å². The Morgan fingerprint density at radius 1 is 1.24 bits per heavy atom. The van der Waals surface area contributed by atoms with E-state index in [9.17, 15) is 4.79 Å². The molecule has 6 heteroatoms. The standard InChI is InChI=1S/C19H22N4O2/c1-13-10-23(11-14(2)25-13)19(24)17-9-16(20-21-17)12-22-8-7-15-5-3-4-6-18(15)22/h3-9,13-14H,10-12H2,1-2H3,(H,20,21)/t13-,14+. The van der Waals surface area contributed by atoms with Gasteiger partial charge < -0.3 is 14.2 Å². The lowest BCUT2D eigenvalue weighted by atomic mass is 10.2. The molecule has 1 aliphatic heterocycles. The minimum Gasteiger partial charge on any atom is -0.372 e. The van der Waals surface area contributed by atoms with Crippen molar-refractivity contribution in [2.24, 2.45) is 0 Å². The van der Waals surface area contributed by atoms with Crippen molar-refractivity contribution in [3.8, 4) is 0 Å². The molecule has 0 aliphatic carbocycles. The maximum atomic E-state index is 12.7. The van der Waals surface area contributed by atoms with Crippen molar-refractivity contribution >= 4 is 16.8 Å². The molecule has 1 saturated heterocycles. The SMILES string of the molecule is C[C@@H]1CN(C(=O)c2cc(Cn3ccc4ccccc43)[nH]n2)C[C@H](C)O1. The summed E-state index contributed by atoms with van der Waals surface area (Å²) in [6.45, 7) is 5.84. The van der Waals surface area contributed by atoms with Gasteiger partial charge in [0.05, 0.1) is 24.4 Å². The van der Waals surface area contributed by atoms with E-state index in [4.69, 9.17) is 4.74 Å². The van der Waals surface area contributed by atoms with Gasteiger partial charge in [-0.1, -0.05) is 18.2 Å². The Hall–Kier alpha value is -2.60. The van der Waals surface area contributed by atoms with E-state index in [1.807, 2.05) is 36.9 Å². The number of rotatable bonds is 3. The maximum absolute atomic E-state index is 12.7. The lowest BCUT2D eigenvalue weighted by Crippen LogP contribution is -2.48. The molecular formula is C19H22N4O2. The normalized spacial score (nSPS) is 21.0. The van der Waals surface area contributed by atoms with E-state index in [-0.39, 0.29) is 18.1 Å². The van der Waals surface area contributed by atoms with Crippen LogP contribution < -0.4 is 0 Å². The summed E-state index contributed by atoms with van der Waals surface area (Å²) in [5, 5.41) is 8.44. The highest BCUT2D eigenvalue weighted by molar-refractivity contribution is 5.92. The van der Waals surface area contributed by atoms with Gasteiger partial charge in [0.25, 0.3) is 5.91 Å². The number of aromatic nitrogens is 3. The molecular weight excluding hydrogens is 316 g/mol. The zero-order valence-electron chi connectivity index (χ0n) is 14.5. The smallest absolute Gasteiger partial charge is 0.274 e. The number of ether oxygens (including phenoxy) is 1. The number of carbonyl (C=O) groups is 1. The lowest BCUT2D eigenvalue weighted by molar-refractivity contribution is -0.0587. The maximum Gasteiger partial charge on any atom is 0.274 e. The summed E-state index contributed by atoms with van der Waals surface area (Å²) in [6.07, 6.45) is 2.16. The van der Waals surface area contributed by atoms with E-state index in [0.717, 1.165) is 5.69 Å². The number of amides is 1. The van der Waals surface area contributed by atoms with Crippen molar-refractivity contribution in [3.05, 3.63) is 54.0 Å². The molecule has 3 aromatic rings. The second-order valence-corrected chi connectivity index (χ2v) is 6.75. The van der Waals surface area contributed by atoms with Crippen LogP contribution in [0.2, 0.25) is 0 Å². The van der Waals surface area contributed by atoms with Crippen LogP contribution in [0.25, 0.3) is 10.9 Å². The summed E-state index contributed by atoms with van der Waals surface area (Å²) in [7, 11) is 0. The topological polar surface area (TPSA) is 63.2 Å². The predicted octanol–water partition coefficient (Wildman–Crippen LogP) is 2.66. The second kappa shape index (κ2) is 6.37. The zero-order valence-corrected chi connectivity index (χ0v) is 14.5. The van der Waals surface area contributed by atoms with Gasteiger partial charge in [-0.3, -0.25) is 9.89 Å². The first-order valence-electron chi connectivity index (χ1n) is 8.63. The first-order valence-corrected chi connectivity index (χ1v) is 8.63. The molecule has 1 aromatic carbocycles. The largest absolute Gasteiger partial charge is 0.372 e. The molecule has 130 valence electrons. The van der Waals surface area contributed by atoms with Gasteiger partial charge in [-0.05, 0) is 37.4 Å². The Balaban J connectivity index is 1.51. The number of nitrogens with zero attached hydrogens (tertiary/aromatic N) is 3. The molecule has 3 heterocycles. The van der Waals surface area contributed by atoms with Gasteiger partial charge in [0.1, 0.15) is 5.69 Å². The molecule has 0 unspecified atom stereocenters. The highest BCUT2D eigenvalue weighted by Gasteiger charge is 2.27. The molecule has 1 amide bonds. The van der Waals surface area contributed by atoms with Crippen LogP contribution in [-0.4, -0.2) is 50.9 Å². The molecule has 2 atom stereocenters. The Kier molecular flexibility index (Phi) is 4.05. The third-order valence-electron chi connectivity index (χ3n) is 4.58. The van der Waals surface area contributed by atoms with Gasteiger partial charge in [0, 0.05) is 24.8 Å². The van der Waals surface area contributed by atoms with Crippen LogP contribution in [0.1, 0.15) is 30.0 Å². The number of morpholine rings is 1. The van der Waals surface area contributed by atoms with Crippen molar-refractivity contribution in [1.29, 1.82) is 0 Å². The van der Waals surface area contributed by atoms with E-state index in [1.165, 1.54) is 10.9 Å². The third kappa shape index (κ3) is 3.17. The van der Waals surface area contributed by atoms with Crippen LogP contribution in [0.15, 0.2) is 42.6 Å². The Labute approximate surface area is 146 Å². The fourth-order valence-corrected chi connectivity index (χ4v) is 3.52. The minimum absolute atomic E-state index is 0.0399. The number of aromatic amines is 1. The van der Waals surface area contributed by atoms with Crippen LogP contribution >= 0.6 is 0 Å². The molecule has 1 fully saturated rings. The van der Waals surface area contributed by atoms with Crippen LogP contribution in [0.5, 0.6) is 0 Å². The van der Waals surface area contributed by atoms with Crippen LogP contribution in [0, 0.1) is 0 Å². The molecule has 0 radical (unpaired) electrons. The molecule has 25 heavy (non-hydrogen) atoms. The van der Waals surface area contributed by atoms with Gasteiger partial charge in [0.2, 0.25) is 0 Å². The molecule has 0 bridgehead atoms. The quantitative estimate of drug-likeness (QED) is 0.798. The predicted molar refractivity (Wildman–Crippen MR) is 95.5 cm³/mol.